The largest absolute Gasteiger partial charge is 0.353 e. The lowest BCUT2D eigenvalue weighted by Crippen LogP contribution is -2.43. The van der Waals surface area contributed by atoms with Gasteiger partial charge in [-0.25, -0.2) is 4.99 Å². The third-order valence-electron chi connectivity index (χ3n) is 5.27. The van der Waals surface area contributed by atoms with Crippen LogP contribution in [0.3, 0.4) is 0 Å². The molecule has 1 aromatic carbocycles. The van der Waals surface area contributed by atoms with Gasteiger partial charge < -0.3 is 5.32 Å². The normalized spacial score (nSPS) is 21.1. The number of H-pyrrole nitrogens is 1. The van der Waals surface area contributed by atoms with E-state index < -0.39 is 0 Å². The number of carbonyl (C=O) groups excluding carboxylic acids is 1. The Balaban J connectivity index is 1.53. The first-order valence-electron chi connectivity index (χ1n) is 9.49. The molecule has 6 heteroatoms. The van der Waals surface area contributed by atoms with Crippen LogP contribution in [-0.2, 0) is 4.79 Å². The molecule has 0 saturated heterocycles. The lowest BCUT2D eigenvalue weighted by Gasteiger charge is -2.23. The number of nitrogens with zero attached hydrogens (tertiary/aromatic N) is 3. The Labute approximate surface area is 153 Å². The Hall–Kier alpha value is -2.63. The molecule has 1 saturated carbocycles. The molecule has 2 heterocycles. The van der Waals surface area contributed by atoms with Crippen molar-refractivity contribution < 1.29 is 4.79 Å². The second kappa shape index (κ2) is 7.32. The summed E-state index contributed by atoms with van der Waals surface area (Å²) in [4.78, 5) is 18.8. The zero-order valence-electron chi connectivity index (χ0n) is 15.2. The van der Waals surface area contributed by atoms with Gasteiger partial charge in [0.15, 0.2) is 0 Å². The van der Waals surface area contributed by atoms with Gasteiger partial charge in [0.05, 0.1) is 11.7 Å². The average molecular weight is 351 g/mol. The Bertz CT molecular complexity index is 858. The number of amides is 1. The number of carbonyl (C=O) groups is 1. The molecule has 4 rings (SSSR count). The number of aliphatic imine (C=N–C) groups is 1. The summed E-state index contributed by atoms with van der Waals surface area (Å²) in [7, 11) is 1.79. The van der Waals surface area contributed by atoms with Gasteiger partial charge in [-0.1, -0.05) is 38.2 Å². The van der Waals surface area contributed by atoms with Crippen LogP contribution in [0, 0.1) is 0 Å². The monoisotopic (exact) mass is 351 g/mol. The number of benzene rings is 1. The fourth-order valence-electron chi connectivity index (χ4n) is 3.72. The Morgan fingerprint density at radius 1 is 1.19 bits per heavy atom. The van der Waals surface area contributed by atoms with Crippen LogP contribution in [-0.4, -0.2) is 40.1 Å². The molecule has 0 atom stereocenters. The quantitative estimate of drug-likeness (QED) is 0.814. The minimum absolute atomic E-state index is 0.0642. The summed E-state index contributed by atoms with van der Waals surface area (Å²) in [5.74, 6) is 0.613. The van der Waals surface area contributed by atoms with Gasteiger partial charge in [-0.15, -0.1) is 0 Å². The lowest BCUT2D eigenvalue weighted by atomic mass is 9.97. The van der Waals surface area contributed by atoms with Gasteiger partial charge >= 0.3 is 0 Å². The molecule has 0 radical (unpaired) electrons. The highest BCUT2D eigenvalue weighted by molar-refractivity contribution is 6.13. The molecule has 6 nitrogen and oxygen atoms in total. The number of fused-ring (bicyclic) bond motifs is 1. The molecule has 0 unspecified atom stereocenters. The molecule has 2 N–H and O–H groups in total. The van der Waals surface area contributed by atoms with Crippen molar-refractivity contribution in [3.8, 4) is 0 Å². The number of nitrogens with one attached hydrogen (secondary N) is 2. The topological polar surface area (TPSA) is 73.4 Å². The maximum absolute atomic E-state index is 12.6. The van der Waals surface area contributed by atoms with Crippen LogP contribution in [0.4, 0.5) is 0 Å². The molecule has 136 valence electrons. The summed E-state index contributed by atoms with van der Waals surface area (Å²) in [5.41, 5.74) is 2.41. The van der Waals surface area contributed by atoms with Crippen molar-refractivity contribution in [1.82, 2.24) is 20.4 Å². The number of aromatic amines is 1. The lowest BCUT2D eigenvalue weighted by molar-refractivity contribution is -0.121. The molecule has 2 aromatic rings. The summed E-state index contributed by atoms with van der Waals surface area (Å²) in [5, 5.41) is 11.5. The first kappa shape index (κ1) is 16.8. The van der Waals surface area contributed by atoms with E-state index in [1.54, 1.807) is 18.1 Å². The maximum Gasteiger partial charge on any atom is 0.279 e. The number of hydrogen-bond acceptors (Lipinski definition) is 4. The fraction of sp³-hybridized carbons (Fsp3) is 0.450. The summed E-state index contributed by atoms with van der Waals surface area (Å²) in [6, 6.07) is 6.35. The number of aromatic nitrogens is 2. The first-order valence-corrected chi connectivity index (χ1v) is 9.49. The van der Waals surface area contributed by atoms with Gasteiger partial charge in [0.1, 0.15) is 5.70 Å². The van der Waals surface area contributed by atoms with E-state index in [0.29, 0.717) is 17.7 Å². The molecule has 0 bridgehead atoms. The standard InChI is InChI=1S/C20H25N5O/c1-25-19(26)18(12-14-9-10-17-15(11-14)13-21-24-17)23-20(25)22-16-7-5-3-2-4-6-8-16/h9-13,16H,2-8H2,1H3,(H,21,24)(H,22,23)/b18-12-. The van der Waals surface area contributed by atoms with Crippen LogP contribution >= 0.6 is 0 Å². The molecule has 26 heavy (non-hydrogen) atoms. The smallest absolute Gasteiger partial charge is 0.279 e. The predicted molar refractivity (Wildman–Crippen MR) is 104 cm³/mol. The second-order valence-electron chi connectivity index (χ2n) is 7.23. The molecule has 1 fully saturated rings. The highest BCUT2D eigenvalue weighted by Crippen LogP contribution is 2.21. The predicted octanol–water partition coefficient (Wildman–Crippen LogP) is 3.43. The van der Waals surface area contributed by atoms with Crippen LogP contribution in [0.1, 0.15) is 50.5 Å². The highest BCUT2D eigenvalue weighted by atomic mass is 16.2. The van der Waals surface area contributed by atoms with E-state index in [-0.39, 0.29) is 5.91 Å². The molecule has 2 aliphatic rings. The highest BCUT2D eigenvalue weighted by Gasteiger charge is 2.28. The second-order valence-corrected chi connectivity index (χ2v) is 7.23. The molecular formula is C20H25N5O. The van der Waals surface area contributed by atoms with Crippen LogP contribution in [0.15, 0.2) is 35.1 Å². The van der Waals surface area contributed by atoms with Crippen molar-refractivity contribution in [2.75, 3.05) is 7.05 Å². The van der Waals surface area contributed by atoms with Gasteiger partial charge in [-0.05, 0) is 36.6 Å². The van der Waals surface area contributed by atoms with Gasteiger partial charge in [-0.3, -0.25) is 14.8 Å². The Morgan fingerprint density at radius 3 is 2.77 bits per heavy atom. The molecule has 1 amide bonds. The molecule has 1 aromatic heterocycles. The summed E-state index contributed by atoms with van der Waals surface area (Å²) >= 11 is 0. The number of rotatable bonds is 2. The van der Waals surface area contributed by atoms with Crippen molar-refractivity contribution in [2.45, 2.75) is 51.0 Å². The van der Waals surface area contributed by atoms with Gasteiger partial charge in [0.2, 0.25) is 5.96 Å². The van der Waals surface area contributed by atoms with Crippen molar-refractivity contribution in [3.63, 3.8) is 0 Å². The first-order chi connectivity index (χ1) is 12.7. The van der Waals surface area contributed by atoms with Gasteiger partial charge in [0.25, 0.3) is 5.91 Å². The van der Waals surface area contributed by atoms with E-state index in [2.05, 4.69) is 20.5 Å². The van der Waals surface area contributed by atoms with Crippen LogP contribution in [0.25, 0.3) is 17.0 Å². The Kier molecular flexibility index (Phi) is 4.73. The van der Waals surface area contributed by atoms with E-state index in [1.807, 2.05) is 24.3 Å². The average Bonchev–Trinajstić information content (AvgIpc) is 3.17. The maximum atomic E-state index is 12.6. The third kappa shape index (κ3) is 3.49. The SMILES string of the molecule is CN1C(=O)/C(=C/c2ccc3[nH]ncc3c2)N=C1NC1CCCCCCC1. The van der Waals surface area contributed by atoms with Crippen molar-refractivity contribution in [3.05, 3.63) is 35.7 Å². The zero-order chi connectivity index (χ0) is 17.9. The third-order valence-corrected chi connectivity index (χ3v) is 5.27. The van der Waals surface area contributed by atoms with Gasteiger partial charge in [0, 0.05) is 18.5 Å². The number of likely N-dealkylation sites (N-methyl/N-ethyl adjacent to an activating group) is 1. The van der Waals surface area contributed by atoms with Crippen LogP contribution in [0.5, 0.6) is 0 Å². The minimum atomic E-state index is -0.0642. The van der Waals surface area contributed by atoms with Crippen LogP contribution in [0.2, 0.25) is 0 Å². The van der Waals surface area contributed by atoms with Crippen molar-refractivity contribution >= 4 is 28.8 Å². The zero-order valence-corrected chi connectivity index (χ0v) is 15.2. The van der Waals surface area contributed by atoms with E-state index in [9.17, 15) is 4.79 Å². The molecule has 0 spiro atoms. The van der Waals surface area contributed by atoms with E-state index in [4.69, 9.17) is 0 Å². The van der Waals surface area contributed by atoms with Crippen molar-refractivity contribution in [1.29, 1.82) is 0 Å². The Morgan fingerprint density at radius 2 is 1.96 bits per heavy atom. The molecular weight excluding hydrogens is 326 g/mol. The van der Waals surface area contributed by atoms with E-state index in [0.717, 1.165) is 29.3 Å². The summed E-state index contributed by atoms with van der Waals surface area (Å²) < 4.78 is 0. The minimum Gasteiger partial charge on any atom is -0.353 e. The fourth-order valence-corrected chi connectivity index (χ4v) is 3.72. The molecule has 1 aliphatic carbocycles. The van der Waals surface area contributed by atoms with E-state index >= 15 is 0 Å². The van der Waals surface area contributed by atoms with Crippen molar-refractivity contribution in [2.24, 2.45) is 4.99 Å². The number of hydrogen-bond donors (Lipinski definition) is 2. The van der Waals surface area contributed by atoms with Crippen LogP contribution < -0.4 is 5.32 Å². The van der Waals surface area contributed by atoms with Gasteiger partial charge in [-0.2, -0.15) is 5.10 Å². The number of guanidine groups is 1. The summed E-state index contributed by atoms with van der Waals surface area (Å²) in [6.07, 6.45) is 12.4. The van der Waals surface area contributed by atoms with E-state index in [1.165, 1.54) is 32.1 Å². The molecule has 1 aliphatic heterocycles. The summed E-state index contributed by atoms with van der Waals surface area (Å²) in [6.45, 7) is 0.